The maximum absolute atomic E-state index is 12.3. The fourth-order valence-electron chi connectivity index (χ4n) is 4.28. The molecule has 146 valence electrons. The van der Waals surface area contributed by atoms with Crippen LogP contribution in [0.3, 0.4) is 0 Å². The van der Waals surface area contributed by atoms with Gasteiger partial charge >= 0.3 is 0 Å². The highest BCUT2D eigenvalue weighted by Crippen LogP contribution is 2.44. The lowest BCUT2D eigenvalue weighted by Crippen LogP contribution is -2.27. The summed E-state index contributed by atoms with van der Waals surface area (Å²) in [4.78, 5) is 16.5. The number of hydrogen-bond acceptors (Lipinski definition) is 6. The predicted molar refractivity (Wildman–Crippen MR) is 99.2 cm³/mol. The summed E-state index contributed by atoms with van der Waals surface area (Å²) in [5, 5.41) is 2.94. The smallest absolute Gasteiger partial charge is 0.273 e. The van der Waals surface area contributed by atoms with Crippen molar-refractivity contribution >= 4 is 5.91 Å². The third-order valence-corrected chi connectivity index (χ3v) is 5.71. The van der Waals surface area contributed by atoms with E-state index in [4.69, 9.17) is 18.6 Å². The zero-order valence-electron chi connectivity index (χ0n) is 15.4. The van der Waals surface area contributed by atoms with Gasteiger partial charge in [0.25, 0.3) is 5.91 Å². The quantitative estimate of drug-likeness (QED) is 0.740. The number of carbonyl (C=O) groups excluding carboxylic acids is 1. The molecule has 2 bridgehead atoms. The molecule has 0 radical (unpaired) electrons. The lowest BCUT2D eigenvalue weighted by Gasteiger charge is -2.17. The molecule has 3 atom stereocenters. The molecule has 1 aromatic carbocycles. The monoisotopic (exact) mass is 382 g/mol. The Bertz CT molecular complexity index is 906. The molecule has 1 fully saturated rings. The standard InChI is InChI=1S/C21H22N2O5/c24-21(22-6-5-15-8-13-1-2-14(15)7-13)17-10-26-20(23-17)11-25-16-3-4-18-19(9-16)28-12-27-18/h1-4,9-10,13-15H,5-8,11-12H2,(H,22,24)/t13-,14+,15-/m1/s1. The van der Waals surface area contributed by atoms with Gasteiger partial charge in [0.05, 0.1) is 0 Å². The molecule has 1 aliphatic heterocycles. The number of rotatable bonds is 7. The van der Waals surface area contributed by atoms with Gasteiger partial charge in [-0.1, -0.05) is 12.2 Å². The van der Waals surface area contributed by atoms with Crippen LogP contribution in [-0.4, -0.2) is 24.2 Å². The number of fused-ring (bicyclic) bond motifs is 3. The van der Waals surface area contributed by atoms with E-state index >= 15 is 0 Å². The largest absolute Gasteiger partial charge is 0.484 e. The minimum Gasteiger partial charge on any atom is -0.484 e. The summed E-state index contributed by atoms with van der Waals surface area (Å²) in [5.41, 5.74) is 0.275. The molecule has 0 unspecified atom stereocenters. The number of nitrogens with zero attached hydrogens (tertiary/aromatic N) is 1. The number of amides is 1. The van der Waals surface area contributed by atoms with Crippen LogP contribution in [0.5, 0.6) is 17.2 Å². The van der Waals surface area contributed by atoms with Gasteiger partial charge in [0.1, 0.15) is 12.0 Å². The number of benzene rings is 1. The van der Waals surface area contributed by atoms with Crippen LogP contribution in [0.2, 0.25) is 0 Å². The third kappa shape index (κ3) is 3.44. The number of nitrogens with one attached hydrogen (secondary N) is 1. The van der Waals surface area contributed by atoms with Crippen molar-refractivity contribution in [2.75, 3.05) is 13.3 Å². The van der Waals surface area contributed by atoms with Crippen LogP contribution in [0.1, 0.15) is 35.6 Å². The topological polar surface area (TPSA) is 82.8 Å². The molecule has 28 heavy (non-hydrogen) atoms. The molecule has 1 N–H and O–H groups in total. The predicted octanol–water partition coefficient (Wildman–Crippen LogP) is 3.31. The van der Waals surface area contributed by atoms with Crippen molar-refractivity contribution in [3.63, 3.8) is 0 Å². The van der Waals surface area contributed by atoms with Crippen molar-refractivity contribution in [3.05, 3.63) is 48.2 Å². The normalized spacial score (nSPS) is 23.9. The van der Waals surface area contributed by atoms with Crippen LogP contribution in [0.25, 0.3) is 0 Å². The molecule has 3 aliphatic rings. The molecule has 5 rings (SSSR count). The first-order valence-electron chi connectivity index (χ1n) is 9.68. The maximum atomic E-state index is 12.3. The second kappa shape index (κ2) is 7.22. The van der Waals surface area contributed by atoms with Gasteiger partial charge < -0.3 is 23.9 Å². The minimum atomic E-state index is -0.211. The van der Waals surface area contributed by atoms with Gasteiger partial charge in [-0.3, -0.25) is 4.79 Å². The van der Waals surface area contributed by atoms with Gasteiger partial charge in [0.2, 0.25) is 12.7 Å². The number of aromatic nitrogens is 1. The summed E-state index contributed by atoms with van der Waals surface area (Å²) in [6.07, 6.45) is 9.59. The van der Waals surface area contributed by atoms with Crippen molar-refractivity contribution in [1.82, 2.24) is 10.3 Å². The molecule has 7 nitrogen and oxygen atoms in total. The Labute approximate surface area is 162 Å². The van der Waals surface area contributed by atoms with Crippen LogP contribution < -0.4 is 19.5 Å². The van der Waals surface area contributed by atoms with Crippen LogP contribution in [0, 0.1) is 17.8 Å². The molecule has 2 aromatic rings. The number of oxazole rings is 1. The van der Waals surface area contributed by atoms with Gasteiger partial charge in [-0.15, -0.1) is 0 Å². The molecule has 0 saturated heterocycles. The average Bonchev–Trinajstić information content (AvgIpc) is 3.50. The Morgan fingerprint density at radius 3 is 3.00 bits per heavy atom. The van der Waals surface area contributed by atoms with Crippen LogP contribution in [0.4, 0.5) is 0 Å². The first-order chi connectivity index (χ1) is 13.7. The van der Waals surface area contributed by atoms with Crippen molar-refractivity contribution in [2.45, 2.75) is 25.9 Å². The number of allylic oxidation sites excluding steroid dienone is 2. The summed E-state index contributed by atoms with van der Waals surface area (Å²) >= 11 is 0. The molecular weight excluding hydrogens is 360 g/mol. The van der Waals surface area contributed by atoms with Gasteiger partial charge in [-0.2, -0.15) is 0 Å². The fourth-order valence-corrected chi connectivity index (χ4v) is 4.28. The van der Waals surface area contributed by atoms with E-state index in [1.807, 2.05) is 0 Å². The highest BCUT2D eigenvalue weighted by Gasteiger charge is 2.35. The molecule has 1 saturated carbocycles. The third-order valence-electron chi connectivity index (χ3n) is 5.71. The fraction of sp³-hybridized carbons (Fsp3) is 0.429. The minimum absolute atomic E-state index is 0.129. The van der Waals surface area contributed by atoms with Crippen molar-refractivity contribution in [1.29, 1.82) is 0 Å². The van der Waals surface area contributed by atoms with E-state index in [0.717, 1.165) is 12.3 Å². The molecule has 1 aromatic heterocycles. The van der Waals surface area contributed by atoms with E-state index in [9.17, 15) is 4.79 Å². The highest BCUT2D eigenvalue weighted by atomic mass is 16.7. The molecule has 0 spiro atoms. The average molecular weight is 382 g/mol. The number of hydrogen-bond donors (Lipinski definition) is 1. The highest BCUT2D eigenvalue weighted by molar-refractivity contribution is 5.91. The second-order valence-electron chi connectivity index (χ2n) is 7.52. The molecule has 7 heteroatoms. The summed E-state index contributed by atoms with van der Waals surface area (Å²) in [6, 6.07) is 5.33. The molecule has 2 aliphatic carbocycles. The zero-order chi connectivity index (χ0) is 18.9. The zero-order valence-corrected chi connectivity index (χ0v) is 15.4. The first-order valence-corrected chi connectivity index (χ1v) is 9.68. The first kappa shape index (κ1) is 17.2. The van der Waals surface area contributed by atoms with Crippen LogP contribution >= 0.6 is 0 Å². The van der Waals surface area contributed by atoms with Gasteiger partial charge in [-0.25, -0.2) is 4.98 Å². The summed E-state index contributed by atoms with van der Waals surface area (Å²) in [6.45, 7) is 1.01. The van der Waals surface area contributed by atoms with E-state index < -0.39 is 0 Å². The summed E-state index contributed by atoms with van der Waals surface area (Å²) in [5.74, 6) is 4.26. The Kier molecular flexibility index (Phi) is 4.43. The van der Waals surface area contributed by atoms with E-state index in [-0.39, 0.29) is 25.0 Å². The van der Waals surface area contributed by atoms with E-state index in [0.29, 0.717) is 41.5 Å². The maximum Gasteiger partial charge on any atom is 0.273 e. The SMILES string of the molecule is O=C(NCC[C@@H]1C[C@@H]2C=C[C@H]1C2)c1coc(COc2ccc3c(c2)OCO3)n1. The van der Waals surface area contributed by atoms with Crippen molar-refractivity contribution in [3.8, 4) is 17.2 Å². The lowest BCUT2D eigenvalue weighted by molar-refractivity contribution is 0.0945. The van der Waals surface area contributed by atoms with Gasteiger partial charge in [-0.05, 0) is 49.1 Å². The van der Waals surface area contributed by atoms with E-state index in [1.165, 1.54) is 19.1 Å². The Morgan fingerprint density at radius 2 is 2.14 bits per heavy atom. The Morgan fingerprint density at radius 1 is 1.21 bits per heavy atom. The molecular formula is C21H22N2O5. The number of ether oxygens (including phenoxy) is 3. The van der Waals surface area contributed by atoms with E-state index in [1.54, 1.807) is 18.2 Å². The van der Waals surface area contributed by atoms with Crippen LogP contribution in [-0.2, 0) is 6.61 Å². The summed E-state index contributed by atoms with van der Waals surface area (Å²) in [7, 11) is 0. The molecule has 2 heterocycles. The second-order valence-corrected chi connectivity index (χ2v) is 7.52. The number of carbonyl (C=O) groups is 1. The molecule has 1 amide bonds. The van der Waals surface area contributed by atoms with Crippen molar-refractivity contribution < 1.29 is 23.4 Å². The Balaban J connectivity index is 1.09. The van der Waals surface area contributed by atoms with Crippen molar-refractivity contribution in [2.24, 2.45) is 17.8 Å². The van der Waals surface area contributed by atoms with Crippen LogP contribution in [0.15, 0.2) is 41.0 Å². The summed E-state index contributed by atoms with van der Waals surface area (Å²) < 4.78 is 21.6. The van der Waals surface area contributed by atoms with Gasteiger partial charge in [0.15, 0.2) is 23.8 Å². The van der Waals surface area contributed by atoms with E-state index in [2.05, 4.69) is 22.5 Å². The Hall–Kier alpha value is -2.96. The van der Waals surface area contributed by atoms with Gasteiger partial charge in [0, 0.05) is 12.6 Å². The lowest BCUT2D eigenvalue weighted by atomic mass is 9.91.